The van der Waals surface area contributed by atoms with Gasteiger partial charge in [-0.15, -0.1) is 0 Å². The number of rotatable bonds is 1. The largest absolute Gasteiger partial charge is 0.344 e. The first-order valence-electron chi connectivity index (χ1n) is 4.93. The van der Waals surface area contributed by atoms with Gasteiger partial charge in [-0.05, 0) is 31.7 Å². The summed E-state index contributed by atoms with van der Waals surface area (Å²) >= 11 is 0. The van der Waals surface area contributed by atoms with E-state index in [-0.39, 0.29) is 18.2 Å². The first kappa shape index (κ1) is 9.77. The van der Waals surface area contributed by atoms with Crippen molar-refractivity contribution in [2.24, 2.45) is 11.0 Å². The van der Waals surface area contributed by atoms with Gasteiger partial charge in [0, 0.05) is 4.91 Å². The van der Waals surface area contributed by atoms with Crippen molar-refractivity contribution < 1.29 is 9.47 Å². The van der Waals surface area contributed by atoms with Gasteiger partial charge in [0.25, 0.3) is 0 Å². The standard InChI is InChI=1S/C9H15N3O2/c1-5-4-6(11-12-10)8-7(5)13-9(2,3)14-8/h5-8H,4H2,1-3H3/t5-,6+,7+,8-/m0/s1. The molecular weight excluding hydrogens is 182 g/mol. The maximum absolute atomic E-state index is 8.42. The minimum absolute atomic E-state index is 0.0594. The molecule has 2 rings (SSSR count). The number of fused-ring (bicyclic) bond motifs is 1. The summed E-state index contributed by atoms with van der Waals surface area (Å²) in [4.78, 5) is 2.85. The SMILES string of the molecule is C[C@H]1C[C@@H](N=[N+]=[N-])[C@@H]2OC(C)(C)O[C@@H]21. The zero-order valence-corrected chi connectivity index (χ0v) is 8.67. The molecule has 78 valence electrons. The van der Waals surface area contributed by atoms with Crippen LogP contribution in [0.4, 0.5) is 0 Å². The minimum Gasteiger partial charge on any atom is -0.344 e. The Balaban J connectivity index is 2.18. The topological polar surface area (TPSA) is 67.2 Å². The lowest BCUT2D eigenvalue weighted by atomic mass is 10.1. The van der Waals surface area contributed by atoms with Crippen molar-refractivity contribution >= 4 is 0 Å². The van der Waals surface area contributed by atoms with Crippen LogP contribution in [0.25, 0.3) is 10.4 Å². The normalized spacial score (nSPS) is 44.5. The van der Waals surface area contributed by atoms with E-state index in [4.69, 9.17) is 15.0 Å². The van der Waals surface area contributed by atoms with Crippen molar-refractivity contribution in [1.29, 1.82) is 0 Å². The Morgan fingerprint density at radius 2 is 2.00 bits per heavy atom. The van der Waals surface area contributed by atoms with Crippen LogP contribution in [0.5, 0.6) is 0 Å². The summed E-state index contributed by atoms with van der Waals surface area (Å²) in [5, 5.41) is 3.76. The third-order valence-electron chi connectivity index (χ3n) is 2.92. The highest BCUT2D eigenvalue weighted by molar-refractivity contribution is 5.00. The zero-order valence-electron chi connectivity index (χ0n) is 8.67. The van der Waals surface area contributed by atoms with Crippen molar-refractivity contribution in [2.45, 2.75) is 51.2 Å². The highest BCUT2D eigenvalue weighted by Crippen LogP contribution is 2.42. The van der Waals surface area contributed by atoms with E-state index in [1.807, 2.05) is 13.8 Å². The van der Waals surface area contributed by atoms with Gasteiger partial charge in [-0.25, -0.2) is 0 Å². The van der Waals surface area contributed by atoms with E-state index in [0.29, 0.717) is 5.92 Å². The van der Waals surface area contributed by atoms with E-state index in [0.717, 1.165) is 6.42 Å². The summed E-state index contributed by atoms with van der Waals surface area (Å²) in [5.41, 5.74) is 8.42. The summed E-state index contributed by atoms with van der Waals surface area (Å²) in [5.74, 6) is -0.134. The molecule has 1 aliphatic heterocycles. The Labute approximate surface area is 83.0 Å². The van der Waals surface area contributed by atoms with Crippen molar-refractivity contribution in [2.75, 3.05) is 0 Å². The molecule has 0 unspecified atom stereocenters. The molecule has 2 fully saturated rings. The summed E-state index contributed by atoms with van der Waals surface area (Å²) in [6, 6.07) is -0.0678. The average molecular weight is 197 g/mol. The Morgan fingerprint density at radius 3 is 2.64 bits per heavy atom. The predicted molar refractivity (Wildman–Crippen MR) is 50.5 cm³/mol. The van der Waals surface area contributed by atoms with Gasteiger partial charge < -0.3 is 9.47 Å². The second-order valence-electron chi connectivity index (χ2n) is 4.55. The van der Waals surface area contributed by atoms with Gasteiger partial charge in [0.15, 0.2) is 5.79 Å². The van der Waals surface area contributed by atoms with E-state index in [2.05, 4.69) is 16.9 Å². The Morgan fingerprint density at radius 1 is 1.36 bits per heavy atom. The van der Waals surface area contributed by atoms with Gasteiger partial charge in [0.05, 0.1) is 18.2 Å². The average Bonchev–Trinajstić information content (AvgIpc) is 2.51. The highest BCUT2D eigenvalue weighted by atomic mass is 16.8. The molecule has 0 aromatic carbocycles. The molecule has 5 heteroatoms. The molecule has 0 bridgehead atoms. The smallest absolute Gasteiger partial charge is 0.163 e. The Bertz CT molecular complexity index is 286. The molecule has 0 radical (unpaired) electrons. The highest BCUT2D eigenvalue weighted by Gasteiger charge is 2.52. The van der Waals surface area contributed by atoms with E-state index in [9.17, 15) is 0 Å². The molecule has 0 aromatic heterocycles. The van der Waals surface area contributed by atoms with Crippen molar-refractivity contribution in [3.8, 4) is 0 Å². The summed E-state index contributed by atoms with van der Waals surface area (Å²) < 4.78 is 11.5. The lowest BCUT2D eigenvalue weighted by Gasteiger charge is -2.20. The predicted octanol–water partition coefficient (Wildman–Crippen LogP) is 2.23. The molecular formula is C9H15N3O2. The number of azide groups is 1. The van der Waals surface area contributed by atoms with Crippen molar-refractivity contribution in [3.63, 3.8) is 0 Å². The fourth-order valence-electron chi connectivity index (χ4n) is 2.38. The molecule has 2 aliphatic rings. The van der Waals surface area contributed by atoms with Crippen LogP contribution in [0, 0.1) is 5.92 Å². The number of ether oxygens (including phenoxy) is 2. The second kappa shape index (κ2) is 3.12. The van der Waals surface area contributed by atoms with E-state index >= 15 is 0 Å². The van der Waals surface area contributed by atoms with E-state index in [1.165, 1.54) is 0 Å². The zero-order chi connectivity index (χ0) is 10.3. The molecule has 0 amide bonds. The summed E-state index contributed by atoms with van der Waals surface area (Å²) in [7, 11) is 0. The fraction of sp³-hybridized carbons (Fsp3) is 1.00. The third-order valence-corrected chi connectivity index (χ3v) is 2.92. The molecule has 1 saturated carbocycles. The molecule has 5 nitrogen and oxygen atoms in total. The van der Waals surface area contributed by atoms with Crippen LogP contribution in [0.1, 0.15) is 27.2 Å². The van der Waals surface area contributed by atoms with Gasteiger partial charge in [0.2, 0.25) is 0 Å². The van der Waals surface area contributed by atoms with Gasteiger partial charge in [-0.2, -0.15) is 0 Å². The summed E-state index contributed by atoms with van der Waals surface area (Å²) in [6.45, 7) is 5.89. The van der Waals surface area contributed by atoms with Crippen LogP contribution in [0.3, 0.4) is 0 Å². The molecule has 1 saturated heterocycles. The van der Waals surface area contributed by atoms with Crippen LogP contribution in [0.2, 0.25) is 0 Å². The van der Waals surface area contributed by atoms with Crippen LogP contribution >= 0.6 is 0 Å². The molecule has 14 heavy (non-hydrogen) atoms. The van der Waals surface area contributed by atoms with E-state index < -0.39 is 5.79 Å². The number of nitrogens with zero attached hydrogens (tertiary/aromatic N) is 3. The van der Waals surface area contributed by atoms with E-state index in [1.54, 1.807) is 0 Å². The molecule has 0 aromatic rings. The monoisotopic (exact) mass is 197 g/mol. The van der Waals surface area contributed by atoms with Crippen molar-refractivity contribution in [1.82, 2.24) is 0 Å². The quantitative estimate of drug-likeness (QED) is 0.367. The molecule has 4 atom stereocenters. The molecule has 1 heterocycles. The van der Waals surface area contributed by atoms with Gasteiger partial charge in [0.1, 0.15) is 0 Å². The second-order valence-corrected chi connectivity index (χ2v) is 4.55. The molecule has 0 spiro atoms. The molecule has 0 N–H and O–H groups in total. The Hall–Kier alpha value is -0.770. The summed E-state index contributed by atoms with van der Waals surface area (Å²) in [6.07, 6.45) is 0.881. The maximum atomic E-state index is 8.42. The third kappa shape index (κ3) is 1.47. The van der Waals surface area contributed by atoms with Crippen LogP contribution in [0.15, 0.2) is 5.11 Å². The first-order valence-corrected chi connectivity index (χ1v) is 4.93. The van der Waals surface area contributed by atoms with Crippen molar-refractivity contribution in [3.05, 3.63) is 10.4 Å². The molecule has 1 aliphatic carbocycles. The van der Waals surface area contributed by atoms with Gasteiger partial charge in [-0.3, -0.25) is 0 Å². The maximum Gasteiger partial charge on any atom is 0.163 e. The fourth-order valence-corrected chi connectivity index (χ4v) is 2.38. The minimum atomic E-state index is -0.534. The lowest BCUT2D eigenvalue weighted by Crippen LogP contribution is -2.27. The van der Waals surface area contributed by atoms with Crippen LogP contribution in [-0.2, 0) is 9.47 Å². The Kier molecular flexibility index (Phi) is 2.18. The number of hydrogen-bond acceptors (Lipinski definition) is 3. The number of hydrogen-bond donors (Lipinski definition) is 0. The van der Waals surface area contributed by atoms with Gasteiger partial charge in [-0.1, -0.05) is 12.0 Å². The first-order chi connectivity index (χ1) is 6.53. The van der Waals surface area contributed by atoms with Gasteiger partial charge >= 0.3 is 0 Å². The van der Waals surface area contributed by atoms with Crippen LogP contribution < -0.4 is 0 Å². The van der Waals surface area contributed by atoms with Crippen LogP contribution in [-0.4, -0.2) is 24.0 Å². The lowest BCUT2D eigenvalue weighted by molar-refractivity contribution is -0.156.